The van der Waals surface area contributed by atoms with Gasteiger partial charge in [0.05, 0.1) is 0 Å². The van der Waals surface area contributed by atoms with Crippen molar-refractivity contribution in [1.29, 1.82) is 5.41 Å². The number of hydrogen-bond donors (Lipinski definition) is 1. The third kappa shape index (κ3) is 5.54. The van der Waals surface area contributed by atoms with E-state index in [1.165, 1.54) is 12.8 Å². The van der Waals surface area contributed by atoms with Crippen molar-refractivity contribution in [3.05, 3.63) is 0 Å². The van der Waals surface area contributed by atoms with E-state index in [9.17, 15) is 0 Å². The molecule has 0 aliphatic heterocycles. The van der Waals surface area contributed by atoms with Crippen LogP contribution in [0.2, 0.25) is 0 Å². The van der Waals surface area contributed by atoms with Gasteiger partial charge in [-0.15, -0.1) is 0 Å². The maximum absolute atomic E-state index is 7.16. The Kier molecular flexibility index (Phi) is 4.37. The molecule has 54 valence electrons. The van der Waals surface area contributed by atoms with Crippen molar-refractivity contribution in [1.82, 2.24) is 0 Å². The van der Waals surface area contributed by atoms with Crippen molar-refractivity contribution in [2.45, 2.75) is 40.0 Å². The van der Waals surface area contributed by atoms with Crippen LogP contribution in [0.1, 0.15) is 40.0 Å². The topological polar surface area (TPSA) is 23.9 Å². The number of nitrogens with one attached hydrogen (secondary N) is 1. The van der Waals surface area contributed by atoms with E-state index in [0.717, 1.165) is 18.1 Å². The molecule has 0 saturated heterocycles. The van der Waals surface area contributed by atoms with Crippen molar-refractivity contribution in [2.24, 2.45) is 5.92 Å². The van der Waals surface area contributed by atoms with Crippen LogP contribution in [0.5, 0.6) is 0 Å². The fourth-order valence-corrected chi connectivity index (χ4v) is 0.667. The van der Waals surface area contributed by atoms with Crippen LogP contribution in [0.15, 0.2) is 0 Å². The lowest BCUT2D eigenvalue weighted by Crippen LogP contribution is -1.96. The standard InChI is InChI=1S/C8H17N/c1-4-7(2)5-6-8(3)9/h7,9H,4-6H2,1-3H3. The Morgan fingerprint density at radius 2 is 2.11 bits per heavy atom. The van der Waals surface area contributed by atoms with Crippen LogP contribution in [0.25, 0.3) is 0 Å². The van der Waals surface area contributed by atoms with E-state index in [1.54, 1.807) is 0 Å². The smallest absolute Gasteiger partial charge is 0.00583 e. The average molecular weight is 127 g/mol. The second-order valence-corrected chi connectivity index (χ2v) is 2.83. The highest BCUT2D eigenvalue weighted by atomic mass is 14.4. The molecule has 1 N–H and O–H groups in total. The van der Waals surface area contributed by atoms with Crippen LogP contribution in [-0.2, 0) is 0 Å². The molecule has 0 rings (SSSR count). The summed E-state index contributed by atoms with van der Waals surface area (Å²) in [6.07, 6.45) is 3.41. The summed E-state index contributed by atoms with van der Waals surface area (Å²) in [5.74, 6) is 0.797. The van der Waals surface area contributed by atoms with E-state index >= 15 is 0 Å². The highest BCUT2D eigenvalue weighted by Gasteiger charge is 1.97. The van der Waals surface area contributed by atoms with Crippen LogP contribution < -0.4 is 0 Å². The lowest BCUT2D eigenvalue weighted by atomic mass is 10.0. The van der Waals surface area contributed by atoms with Crippen molar-refractivity contribution in [2.75, 3.05) is 0 Å². The number of hydrogen-bond acceptors (Lipinski definition) is 1. The van der Waals surface area contributed by atoms with E-state index in [0.29, 0.717) is 0 Å². The van der Waals surface area contributed by atoms with E-state index in [4.69, 9.17) is 5.41 Å². The molecule has 0 aromatic carbocycles. The summed E-state index contributed by atoms with van der Waals surface area (Å²) in [4.78, 5) is 0. The summed E-state index contributed by atoms with van der Waals surface area (Å²) >= 11 is 0. The summed E-state index contributed by atoms with van der Waals surface area (Å²) in [5, 5.41) is 7.16. The zero-order valence-electron chi connectivity index (χ0n) is 6.70. The summed E-state index contributed by atoms with van der Waals surface area (Å²) in [6.45, 7) is 6.31. The third-order valence-corrected chi connectivity index (χ3v) is 1.71. The van der Waals surface area contributed by atoms with Gasteiger partial charge in [0.15, 0.2) is 0 Å². The molecular formula is C8H17N. The Morgan fingerprint density at radius 3 is 2.44 bits per heavy atom. The molecule has 1 heteroatoms. The van der Waals surface area contributed by atoms with Gasteiger partial charge in [0.25, 0.3) is 0 Å². The van der Waals surface area contributed by atoms with E-state index in [2.05, 4.69) is 13.8 Å². The molecule has 1 atom stereocenters. The van der Waals surface area contributed by atoms with Crippen LogP contribution in [0.4, 0.5) is 0 Å². The Labute approximate surface area is 58.0 Å². The van der Waals surface area contributed by atoms with Gasteiger partial charge in [0.2, 0.25) is 0 Å². The summed E-state index contributed by atoms with van der Waals surface area (Å²) < 4.78 is 0. The molecule has 0 aromatic heterocycles. The van der Waals surface area contributed by atoms with Gasteiger partial charge in [0.1, 0.15) is 0 Å². The van der Waals surface area contributed by atoms with Gasteiger partial charge in [-0.05, 0) is 25.7 Å². The van der Waals surface area contributed by atoms with Crippen molar-refractivity contribution in [3.63, 3.8) is 0 Å². The molecule has 1 nitrogen and oxygen atoms in total. The van der Waals surface area contributed by atoms with Crippen LogP contribution in [0.3, 0.4) is 0 Å². The summed E-state index contributed by atoms with van der Waals surface area (Å²) in [6, 6.07) is 0. The maximum Gasteiger partial charge on any atom is 0.00583 e. The molecule has 0 aliphatic rings. The third-order valence-electron chi connectivity index (χ3n) is 1.71. The van der Waals surface area contributed by atoms with Gasteiger partial charge in [-0.25, -0.2) is 0 Å². The largest absolute Gasteiger partial charge is 0.310 e. The molecule has 0 bridgehead atoms. The highest BCUT2D eigenvalue weighted by Crippen LogP contribution is 2.08. The van der Waals surface area contributed by atoms with Crippen LogP contribution in [0, 0.1) is 11.3 Å². The fraction of sp³-hybridized carbons (Fsp3) is 0.875. The van der Waals surface area contributed by atoms with Gasteiger partial charge < -0.3 is 5.41 Å². The molecule has 9 heavy (non-hydrogen) atoms. The minimum atomic E-state index is 0.797. The zero-order chi connectivity index (χ0) is 7.28. The minimum Gasteiger partial charge on any atom is -0.310 e. The van der Waals surface area contributed by atoms with Crippen LogP contribution >= 0.6 is 0 Å². The predicted molar refractivity (Wildman–Crippen MR) is 42.1 cm³/mol. The predicted octanol–water partition coefficient (Wildman–Crippen LogP) is 2.85. The SMILES string of the molecule is CCC(C)CCC(C)=N. The molecule has 0 aliphatic carbocycles. The van der Waals surface area contributed by atoms with E-state index < -0.39 is 0 Å². The molecule has 0 heterocycles. The Bertz CT molecular complexity index is 86.6. The van der Waals surface area contributed by atoms with Gasteiger partial charge >= 0.3 is 0 Å². The monoisotopic (exact) mass is 127 g/mol. The molecule has 1 unspecified atom stereocenters. The normalized spacial score (nSPS) is 13.2. The second-order valence-electron chi connectivity index (χ2n) is 2.83. The molecule has 0 amide bonds. The lowest BCUT2D eigenvalue weighted by Gasteiger charge is -2.05. The second kappa shape index (κ2) is 4.54. The van der Waals surface area contributed by atoms with Gasteiger partial charge in [-0.1, -0.05) is 20.3 Å². The van der Waals surface area contributed by atoms with Crippen molar-refractivity contribution < 1.29 is 0 Å². The summed E-state index contributed by atoms with van der Waals surface area (Å²) in [5.41, 5.74) is 0.815. The maximum atomic E-state index is 7.16. The quantitative estimate of drug-likeness (QED) is 0.561. The average Bonchev–Trinajstić information content (AvgIpc) is 1.83. The Hall–Kier alpha value is -0.330. The first-order valence-electron chi connectivity index (χ1n) is 3.70. The molecule has 0 aromatic rings. The summed E-state index contributed by atoms with van der Waals surface area (Å²) in [7, 11) is 0. The Morgan fingerprint density at radius 1 is 1.56 bits per heavy atom. The van der Waals surface area contributed by atoms with Gasteiger partial charge in [-0.3, -0.25) is 0 Å². The number of rotatable bonds is 4. The highest BCUT2D eigenvalue weighted by molar-refractivity contribution is 5.78. The van der Waals surface area contributed by atoms with E-state index in [1.807, 2.05) is 6.92 Å². The first-order chi connectivity index (χ1) is 4.16. The van der Waals surface area contributed by atoms with Crippen molar-refractivity contribution in [3.8, 4) is 0 Å². The van der Waals surface area contributed by atoms with Crippen molar-refractivity contribution >= 4 is 5.71 Å². The first-order valence-corrected chi connectivity index (χ1v) is 3.70. The van der Waals surface area contributed by atoms with Crippen LogP contribution in [-0.4, -0.2) is 5.71 Å². The molecule has 0 spiro atoms. The van der Waals surface area contributed by atoms with Gasteiger partial charge in [0, 0.05) is 5.71 Å². The van der Waals surface area contributed by atoms with E-state index in [-0.39, 0.29) is 0 Å². The zero-order valence-corrected chi connectivity index (χ0v) is 6.70. The molecule has 0 radical (unpaired) electrons. The Balaban J connectivity index is 3.16. The fourth-order valence-electron chi connectivity index (χ4n) is 0.667. The molecule has 0 saturated carbocycles. The van der Waals surface area contributed by atoms with Gasteiger partial charge in [-0.2, -0.15) is 0 Å². The minimum absolute atomic E-state index is 0.797. The lowest BCUT2D eigenvalue weighted by molar-refractivity contribution is 0.527. The first kappa shape index (κ1) is 8.67. The molecule has 0 fully saturated rings. The molecular weight excluding hydrogens is 110 g/mol.